The van der Waals surface area contributed by atoms with Gasteiger partial charge in [-0.15, -0.1) is 11.3 Å². The zero-order chi connectivity index (χ0) is 14.1. The predicted molar refractivity (Wildman–Crippen MR) is 79.3 cm³/mol. The Morgan fingerprint density at radius 3 is 2.80 bits per heavy atom. The maximum Gasteiger partial charge on any atom is 0.357 e. The molecule has 0 aliphatic carbocycles. The Morgan fingerprint density at radius 2 is 2.15 bits per heavy atom. The first-order chi connectivity index (χ1) is 9.67. The number of hydrogen-bond donors (Lipinski definition) is 1. The molecular formula is C14H21N3O2S. The van der Waals surface area contributed by atoms with E-state index in [1.807, 2.05) is 0 Å². The van der Waals surface area contributed by atoms with Crippen LogP contribution in [-0.2, 0) is 4.74 Å². The fourth-order valence-electron chi connectivity index (χ4n) is 3.45. The molecular weight excluding hydrogens is 274 g/mol. The van der Waals surface area contributed by atoms with E-state index in [0.29, 0.717) is 23.8 Å². The Hall–Kier alpha value is -1.14. The summed E-state index contributed by atoms with van der Waals surface area (Å²) in [5.41, 5.74) is 0.396. The second-order valence-corrected chi connectivity index (χ2v) is 6.60. The topological polar surface area (TPSA) is 54.5 Å². The van der Waals surface area contributed by atoms with Crippen LogP contribution in [0.2, 0.25) is 0 Å². The molecule has 110 valence electrons. The molecule has 2 bridgehead atoms. The van der Waals surface area contributed by atoms with Crippen LogP contribution in [0.4, 0.5) is 5.13 Å². The van der Waals surface area contributed by atoms with Gasteiger partial charge < -0.3 is 15.0 Å². The molecule has 5 nitrogen and oxygen atoms in total. The molecule has 2 saturated heterocycles. The Balaban J connectivity index is 1.63. The lowest BCUT2D eigenvalue weighted by atomic mass is 9.82. The van der Waals surface area contributed by atoms with E-state index in [4.69, 9.17) is 0 Å². The molecule has 1 aromatic heterocycles. The summed E-state index contributed by atoms with van der Waals surface area (Å²) in [7, 11) is 3.64. The standard InChI is InChI=1S/C14H21N3O2S/c1-17-10-4-3-5-11(17)7-9(6-10)15-14-16-12(8-20-14)13(18)19-2/h8-11H,3-7H2,1-2H3,(H,15,16). The fraction of sp³-hybridized carbons (Fsp3) is 0.714. The van der Waals surface area contributed by atoms with E-state index in [9.17, 15) is 4.79 Å². The molecule has 0 amide bonds. The number of hydrogen-bond acceptors (Lipinski definition) is 6. The Labute approximate surface area is 123 Å². The third kappa shape index (κ3) is 2.67. The molecule has 20 heavy (non-hydrogen) atoms. The molecule has 1 aromatic rings. The smallest absolute Gasteiger partial charge is 0.357 e. The highest BCUT2D eigenvalue weighted by Crippen LogP contribution is 2.34. The van der Waals surface area contributed by atoms with Gasteiger partial charge in [-0.25, -0.2) is 9.78 Å². The second-order valence-electron chi connectivity index (χ2n) is 5.75. The molecule has 2 fully saturated rings. The third-order valence-corrected chi connectivity index (χ3v) is 5.34. The van der Waals surface area contributed by atoms with E-state index in [1.54, 1.807) is 5.38 Å². The Morgan fingerprint density at radius 1 is 1.45 bits per heavy atom. The van der Waals surface area contributed by atoms with Gasteiger partial charge in [0.2, 0.25) is 0 Å². The number of ether oxygens (including phenoxy) is 1. The average Bonchev–Trinajstić information content (AvgIpc) is 2.87. The number of methoxy groups -OCH3 is 1. The summed E-state index contributed by atoms with van der Waals surface area (Å²) < 4.78 is 4.69. The van der Waals surface area contributed by atoms with Crippen molar-refractivity contribution in [3.05, 3.63) is 11.1 Å². The number of esters is 1. The summed E-state index contributed by atoms with van der Waals surface area (Å²) in [5.74, 6) is -0.366. The molecule has 2 unspecified atom stereocenters. The largest absolute Gasteiger partial charge is 0.464 e. The number of fused-ring (bicyclic) bond motifs is 2. The number of anilines is 1. The first-order valence-corrected chi connectivity index (χ1v) is 8.07. The van der Waals surface area contributed by atoms with Crippen molar-refractivity contribution in [3.63, 3.8) is 0 Å². The van der Waals surface area contributed by atoms with Gasteiger partial charge in [-0.05, 0) is 32.7 Å². The first-order valence-electron chi connectivity index (χ1n) is 7.19. The summed E-state index contributed by atoms with van der Waals surface area (Å²) >= 11 is 1.48. The minimum atomic E-state index is -0.366. The quantitative estimate of drug-likeness (QED) is 0.868. The van der Waals surface area contributed by atoms with Crippen molar-refractivity contribution in [1.29, 1.82) is 0 Å². The number of rotatable bonds is 3. The first kappa shape index (κ1) is 13.8. The van der Waals surface area contributed by atoms with E-state index in [0.717, 1.165) is 5.13 Å². The normalized spacial score (nSPS) is 30.0. The summed E-state index contributed by atoms with van der Waals surface area (Å²) in [5, 5.41) is 6.09. The molecule has 3 heterocycles. The zero-order valence-electron chi connectivity index (χ0n) is 12.0. The van der Waals surface area contributed by atoms with Crippen LogP contribution < -0.4 is 5.32 Å². The highest BCUT2D eigenvalue weighted by Gasteiger charge is 2.36. The van der Waals surface area contributed by atoms with E-state index in [-0.39, 0.29) is 5.97 Å². The molecule has 3 rings (SSSR count). The number of carbonyl (C=O) groups excluding carboxylic acids is 1. The highest BCUT2D eigenvalue weighted by atomic mass is 32.1. The molecule has 2 aliphatic rings. The van der Waals surface area contributed by atoms with Gasteiger partial charge in [-0.3, -0.25) is 0 Å². The second kappa shape index (κ2) is 5.69. The predicted octanol–water partition coefficient (Wildman–Crippen LogP) is 2.36. The lowest BCUT2D eigenvalue weighted by Crippen LogP contribution is -2.52. The number of nitrogens with zero attached hydrogens (tertiary/aromatic N) is 2. The summed E-state index contributed by atoms with van der Waals surface area (Å²) in [6.07, 6.45) is 6.29. The van der Waals surface area contributed by atoms with Crippen LogP contribution in [0, 0.1) is 0 Å². The van der Waals surface area contributed by atoms with Crippen LogP contribution in [0.15, 0.2) is 5.38 Å². The van der Waals surface area contributed by atoms with Crippen molar-refractivity contribution in [2.45, 2.75) is 50.2 Å². The monoisotopic (exact) mass is 295 g/mol. The third-order valence-electron chi connectivity index (χ3n) is 4.57. The van der Waals surface area contributed by atoms with E-state index in [1.165, 1.54) is 50.6 Å². The van der Waals surface area contributed by atoms with Crippen LogP contribution in [0.5, 0.6) is 0 Å². The van der Waals surface area contributed by atoms with Crippen molar-refractivity contribution in [2.24, 2.45) is 0 Å². The molecule has 2 aliphatic heterocycles. The van der Waals surface area contributed by atoms with Gasteiger partial charge in [0, 0.05) is 23.5 Å². The van der Waals surface area contributed by atoms with Gasteiger partial charge >= 0.3 is 5.97 Å². The van der Waals surface area contributed by atoms with Crippen molar-refractivity contribution in [1.82, 2.24) is 9.88 Å². The molecule has 1 N–H and O–H groups in total. The van der Waals surface area contributed by atoms with Crippen LogP contribution >= 0.6 is 11.3 Å². The maximum absolute atomic E-state index is 11.4. The average molecular weight is 295 g/mol. The Kier molecular flexibility index (Phi) is 3.94. The van der Waals surface area contributed by atoms with E-state index < -0.39 is 0 Å². The maximum atomic E-state index is 11.4. The summed E-state index contributed by atoms with van der Waals surface area (Å²) in [6, 6.07) is 1.86. The van der Waals surface area contributed by atoms with Crippen LogP contribution in [-0.4, -0.2) is 48.1 Å². The van der Waals surface area contributed by atoms with Crippen LogP contribution in [0.1, 0.15) is 42.6 Å². The van der Waals surface area contributed by atoms with E-state index >= 15 is 0 Å². The number of thiazole rings is 1. The van der Waals surface area contributed by atoms with Crippen LogP contribution in [0.3, 0.4) is 0 Å². The van der Waals surface area contributed by atoms with Gasteiger partial charge in [0.25, 0.3) is 0 Å². The molecule has 2 atom stereocenters. The van der Waals surface area contributed by atoms with Gasteiger partial charge in [-0.2, -0.15) is 0 Å². The molecule has 0 saturated carbocycles. The van der Waals surface area contributed by atoms with Crippen molar-refractivity contribution in [3.8, 4) is 0 Å². The van der Waals surface area contributed by atoms with Gasteiger partial charge in [-0.1, -0.05) is 6.42 Å². The Bertz CT molecular complexity index is 477. The number of nitrogens with one attached hydrogen (secondary N) is 1. The van der Waals surface area contributed by atoms with Gasteiger partial charge in [0.15, 0.2) is 10.8 Å². The number of carbonyl (C=O) groups is 1. The lowest BCUT2D eigenvalue weighted by Gasteiger charge is -2.47. The molecule has 0 spiro atoms. The zero-order valence-corrected chi connectivity index (χ0v) is 12.8. The molecule has 0 radical (unpaired) electrons. The number of piperidine rings is 2. The highest BCUT2D eigenvalue weighted by molar-refractivity contribution is 7.13. The van der Waals surface area contributed by atoms with Crippen molar-refractivity contribution >= 4 is 22.4 Å². The summed E-state index contributed by atoms with van der Waals surface area (Å²) in [4.78, 5) is 18.3. The number of aromatic nitrogens is 1. The molecule has 0 aromatic carbocycles. The van der Waals surface area contributed by atoms with Crippen molar-refractivity contribution < 1.29 is 9.53 Å². The van der Waals surface area contributed by atoms with Crippen LogP contribution in [0.25, 0.3) is 0 Å². The summed E-state index contributed by atoms with van der Waals surface area (Å²) in [6.45, 7) is 0. The SMILES string of the molecule is COC(=O)c1csc(NC2CC3CCCC(C2)N3C)n1. The minimum Gasteiger partial charge on any atom is -0.464 e. The van der Waals surface area contributed by atoms with Gasteiger partial charge in [0.05, 0.1) is 7.11 Å². The fourth-order valence-corrected chi connectivity index (χ4v) is 4.20. The van der Waals surface area contributed by atoms with Crippen molar-refractivity contribution in [2.75, 3.05) is 19.5 Å². The lowest BCUT2D eigenvalue weighted by molar-refractivity contribution is 0.0592. The minimum absolute atomic E-state index is 0.366. The molecule has 6 heteroatoms. The van der Waals surface area contributed by atoms with Gasteiger partial charge in [0.1, 0.15) is 0 Å². The van der Waals surface area contributed by atoms with E-state index in [2.05, 4.69) is 27.0 Å².